The molecule has 0 aliphatic carbocycles. The molecule has 8 heteroatoms. The Labute approximate surface area is 204 Å². The summed E-state index contributed by atoms with van der Waals surface area (Å²) in [6, 6.07) is 14.6. The van der Waals surface area contributed by atoms with Crippen LogP contribution in [-0.4, -0.2) is 37.4 Å². The lowest BCUT2D eigenvalue weighted by Gasteiger charge is -2.19. The third-order valence-corrected chi connectivity index (χ3v) is 5.17. The molecule has 1 aromatic heterocycles. The van der Waals surface area contributed by atoms with Gasteiger partial charge in [-0.15, -0.1) is 0 Å². The SMILES string of the molecule is COc1cc(C=NNC(=O)c2ccncc2)cc(Cl)c1OCCOc1ccc(C(C)(C)C)cc1. The first-order chi connectivity index (χ1) is 16.3. The highest BCUT2D eigenvalue weighted by Gasteiger charge is 2.14. The third kappa shape index (κ3) is 6.96. The number of carbonyl (C=O) groups is 1. The Kier molecular flexibility index (Phi) is 8.49. The zero-order chi connectivity index (χ0) is 24.6. The average Bonchev–Trinajstić information content (AvgIpc) is 2.82. The Balaban J connectivity index is 1.55. The molecule has 178 valence electrons. The van der Waals surface area contributed by atoms with E-state index in [-0.39, 0.29) is 17.9 Å². The standard InChI is InChI=1S/C26H28ClN3O4/c1-26(2,3)20-5-7-21(8-6-20)33-13-14-34-24-22(27)15-18(16-23(24)32-4)17-29-30-25(31)19-9-11-28-12-10-19/h5-12,15-17H,13-14H2,1-4H3,(H,30,31). The lowest BCUT2D eigenvalue weighted by Crippen LogP contribution is -2.17. The summed E-state index contributed by atoms with van der Waals surface area (Å²) in [6.07, 6.45) is 4.55. The van der Waals surface area contributed by atoms with Crippen molar-refractivity contribution in [2.75, 3.05) is 20.3 Å². The van der Waals surface area contributed by atoms with Crippen LogP contribution in [0.1, 0.15) is 42.3 Å². The maximum Gasteiger partial charge on any atom is 0.271 e. The first kappa shape index (κ1) is 25.1. The molecule has 0 aliphatic heterocycles. The number of methoxy groups -OCH3 is 1. The maximum absolute atomic E-state index is 12.1. The number of hydrogen-bond acceptors (Lipinski definition) is 6. The predicted octanol–water partition coefficient (Wildman–Crippen LogP) is 5.26. The molecule has 0 fully saturated rings. The number of benzene rings is 2. The topological polar surface area (TPSA) is 82.0 Å². The molecule has 0 atom stereocenters. The molecule has 1 amide bonds. The summed E-state index contributed by atoms with van der Waals surface area (Å²) in [5.74, 6) is 1.29. The average molecular weight is 482 g/mol. The highest BCUT2D eigenvalue weighted by molar-refractivity contribution is 6.32. The third-order valence-electron chi connectivity index (χ3n) is 4.89. The number of amides is 1. The number of nitrogens with zero attached hydrogens (tertiary/aromatic N) is 2. The van der Waals surface area contributed by atoms with Crippen LogP contribution >= 0.6 is 11.6 Å². The minimum atomic E-state index is -0.343. The summed E-state index contributed by atoms with van der Waals surface area (Å²) in [5, 5.41) is 4.33. The molecule has 0 unspecified atom stereocenters. The zero-order valence-electron chi connectivity index (χ0n) is 19.7. The van der Waals surface area contributed by atoms with Gasteiger partial charge >= 0.3 is 0 Å². The van der Waals surface area contributed by atoms with E-state index >= 15 is 0 Å². The van der Waals surface area contributed by atoms with Crippen molar-refractivity contribution in [3.8, 4) is 17.2 Å². The molecule has 0 saturated heterocycles. The van der Waals surface area contributed by atoms with Gasteiger partial charge in [0.25, 0.3) is 5.91 Å². The molecule has 7 nitrogen and oxygen atoms in total. The maximum atomic E-state index is 12.1. The minimum absolute atomic E-state index is 0.0943. The molecule has 34 heavy (non-hydrogen) atoms. The Hall–Kier alpha value is -3.58. The molecule has 0 aliphatic rings. The number of halogens is 1. The van der Waals surface area contributed by atoms with Crippen molar-refractivity contribution in [3.05, 3.63) is 82.6 Å². The number of hydrogen-bond donors (Lipinski definition) is 1. The first-order valence-corrected chi connectivity index (χ1v) is 11.1. The Morgan fingerprint density at radius 2 is 1.74 bits per heavy atom. The Bertz CT molecular complexity index is 1130. The first-order valence-electron chi connectivity index (χ1n) is 10.7. The second-order valence-electron chi connectivity index (χ2n) is 8.44. The van der Waals surface area contributed by atoms with E-state index in [1.807, 2.05) is 12.1 Å². The van der Waals surface area contributed by atoms with Crippen LogP contribution in [0.5, 0.6) is 17.2 Å². The zero-order valence-corrected chi connectivity index (χ0v) is 20.4. The van der Waals surface area contributed by atoms with Crippen LogP contribution in [0.15, 0.2) is 66.0 Å². The van der Waals surface area contributed by atoms with Gasteiger partial charge in [-0.3, -0.25) is 9.78 Å². The largest absolute Gasteiger partial charge is 0.493 e. The quantitative estimate of drug-likeness (QED) is 0.256. The van der Waals surface area contributed by atoms with E-state index < -0.39 is 0 Å². The van der Waals surface area contributed by atoms with Gasteiger partial charge in [0.05, 0.1) is 18.3 Å². The normalized spacial score (nSPS) is 11.3. The van der Waals surface area contributed by atoms with Crippen molar-refractivity contribution in [1.29, 1.82) is 0 Å². The Morgan fingerprint density at radius 1 is 1.06 bits per heavy atom. The van der Waals surface area contributed by atoms with E-state index in [1.165, 1.54) is 31.3 Å². The molecule has 3 rings (SSSR count). The fraction of sp³-hybridized carbons (Fsp3) is 0.269. The number of aromatic nitrogens is 1. The number of rotatable bonds is 9. The highest BCUT2D eigenvalue weighted by atomic mass is 35.5. The molecular formula is C26H28ClN3O4. The highest BCUT2D eigenvalue weighted by Crippen LogP contribution is 2.36. The molecule has 2 aromatic carbocycles. The van der Waals surface area contributed by atoms with Gasteiger partial charge in [-0.1, -0.05) is 44.5 Å². The van der Waals surface area contributed by atoms with Crippen molar-refractivity contribution in [1.82, 2.24) is 10.4 Å². The molecule has 0 bridgehead atoms. The fourth-order valence-electron chi connectivity index (χ4n) is 3.04. The minimum Gasteiger partial charge on any atom is -0.493 e. The molecule has 1 heterocycles. The van der Waals surface area contributed by atoms with Gasteiger partial charge in [0.1, 0.15) is 19.0 Å². The van der Waals surface area contributed by atoms with Crippen LogP contribution in [0, 0.1) is 0 Å². The number of carbonyl (C=O) groups excluding carboxylic acids is 1. The molecule has 0 spiro atoms. The van der Waals surface area contributed by atoms with Crippen LogP contribution in [0.4, 0.5) is 0 Å². The van der Waals surface area contributed by atoms with Crippen LogP contribution < -0.4 is 19.6 Å². The molecule has 0 radical (unpaired) electrons. The summed E-state index contributed by atoms with van der Waals surface area (Å²) in [5.41, 5.74) is 4.89. The summed E-state index contributed by atoms with van der Waals surface area (Å²) in [6.45, 7) is 7.14. The lowest BCUT2D eigenvalue weighted by atomic mass is 9.87. The summed E-state index contributed by atoms with van der Waals surface area (Å²) < 4.78 is 17.0. The van der Waals surface area contributed by atoms with Crippen molar-refractivity contribution in [2.24, 2.45) is 5.10 Å². The summed E-state index contributed by atoms with van der Waals surface area (Å²) in [4.78, 5) is 15.9. The van der Waals surface area contributed by atoms with Crippen LogP contribution in [0.3, 0.4) is 0 Å². The van der Waals surface area contributed by atoms with E-state index in [4.69, 9.17) is 25.8 Å². The lowest BCUT2D eigenvalue weighted by molar-refractivity contribution is 0.0955. The van der Waals surface area contributed by atoms with Gasteiger partial charge in [-0.25, -0.2) is 5.43 Å². The van der Waals surface area contributed by atoms with Crippen molar-refractivity contribution in [2.45, 2.75) is 26.2 Å². The van der Waals surface area contributed by atoms with E-state index in [0.29, 0.717) is 34.3 Å². The van der Waals surface area contributed by atoms with Gasteiger partial charge in [-0.05, 0) is 52.9 Å². The van der Waals surface area contributed by atoms with E-state index in [2.05, 4.69) is 48.4 Å². The van der Waals surface area contributed by atoms with E-state index in [0.717, 1.165) is 5.75 Å². The van der Waals surface area contributed by atoms with Crippen molar-refractivity contribution < 1.29 is 19.0 Å². The van der Waals surface area contributed by atoms with Gasteiger partial charge in [0, 0.05) is 18.0 Å². The second kappa shape index (κ2) is 11.5. The molecule has 0 saturated carbocycles. The summed E-state index contributed by atoms with van der Waals surface area (Å²) in [7, 11) is 1.53. The number of pyridine rings is 1. The number of hydrazone groups is 1. The van der Waals surface area contributed by atoms with Crippen LogP contribution in [0.25, 0.3) is 0 Å². The fourth-order valence-corrected chi connectivity index (χ4v) is 3.32. The predicted molar refractivity (Wildman–Crippen MR) is 133 cm³/mol. The smallest absolute Gasteiger partial charge is 0.271 e. The van der Waals surface area contributed by atoms with Crippen molar-refractivity contribution in [3.63, 3.8) is 0 Å². The number of nitrogens with one attached hydrogen (secondary N) is 1. The second-order valence-corrected chi connectivity index (χ2v) is 8.85. The summed E-state index contributed by atoms with van der Waals surface area (Å²) >= 11 is 6.40. The van der Waals surface area contributed by atoms with Gasteiger partial charge in [0.15, 0.2) is 11.5 Å². The Morgan fingerprint density at radius 3 is 2.38 bits per heavy atom. The van der Waals surface area contributed by atoms with Gasteiger partial charge < -0.3 is 14.2 Å². The van der Waals surface area contributed by atoms with E-state index in [1.54, 1.807) is 24.3 Å². The van der Waals surface area contributed by atoms with Gasteiger partial charge in [0.2, 0.25) is 0 Å². The van der Waals surface area contributed by atoms with Crippen molar-refractivity contribution >= 4 is 23.7 Å². The number of ether oxygens (including phenoxy) is 3. The van der Waals surface area contributed by atoms with Crippen LogP contribution in [-0.2, 0) is 5.41 Å². The molecule has 1 N–H and O–H groups in total. The van der Waals surface area contributed by atoms with Crippen LogP contribution in [0.2, 0.25) is 5.02 Å². The monoisotopic (exact) mass is 481 g/mol. The van der Waals surface area contributed by atoms with Gasteiger partial charge in [-0.2, -0.15) is 5.10 Å². The molecule has 3 aromatic rings. The molecular weight excluding hydrogens is 454 g/mol. The van der Waals surface area contributed by atoms with E-state index in [9.17, 15) is 4.79 Å².